The maximum absolute atomic E-state index is 5.59. The van der Waals surface area contributed by atoms with Gasteiger partial charge in [-0.05, 0) is 56.5 Å². The smallest absolute Gasteiger partial charge is 0.203 e. The number of aliphatic imine (C=N–C) groups is 1. The van der Waals surface area contributed by atoms with Crippen molar-refractivity contribution in [2.24, 2.45) is 4.99 Å². The van der Waals surface area contributed by atoms with Crippen molar-refractivity contribution in [3.63, 3.8) is 0 Å². The highest BCUT2D eigenvalue weighted by molar-refractivity contribution is 5.80. The number of guanidine groups is 1. The zero-order valence-corrected chi connectivity index (χ0v) is 19.9. The summed E-state index contributed by atoms with van der Waals surface area (Å²) in [6.07, 6.45) is 2.55. The number of ether oxygens (including phenoxy) is 3. The van der Waals surface area contributed by atoms with Crippen LogP contribution in [0.1, 0.15) is 43.9 Å². The average molecular weight is 441 g/mol. The van der Waals surface area contributed by atoms with Crippen LogP contribution in [0.5, 0.6) is 17.2 Å². The SMILES string of the molecule is CCNC(=NCc1ccc(OC)c(OC)c1OC)NC(C)c1cccc(N2CCCC2)c1. The Hall–Kier alpha value is -3.09. The lowest BCUT2D eigenvalue weighted by molar-refractivity contribution is 0.322. The maximum Gasteiger partial charge on any atom is 0.203 e. The Morgan fingerprint density at radius 2 is 1.78 bits per heavy atom. The van der Waals surface area contributed by atoms with Gasteiger partial charge in [-0.1, -0.05) is 12.1 Å². The number of rotatable bonds is 9. The van der Waals surface area contributed by atoms with Crippen molar-refractivity contribution in [3.05, 3.63) is 47.5 Å². The summed E-state index contributed by atoms with van der Waals surface area (Å²) in [7, 11) is 4.85. The molecule has 0 aliphatic carbocycles. The van der Waals surface area contributed by atoms with E-state index in [1.807, 2.05) is 12.1 Å². The second kappa shape index (κ2) is 11.5. The molecule has 1 fully saturated rings. The number of anilines is 1. The van der Waals surface area contributed by atoms with Crippen molar-refractivity contribution in [3.8, 4) is 17.2 Å². The Balaban J connectivity index is 1.76. The second-order valence-corrected chi connectivity index (χ2v) is 7.84. The fourth-order valence-corrected chi connectivity index (χ4v) is 4.03. The first-order chi connectivity index (χ1) is 15.6. The molecule has 0 aromatic heterocycles. The Labute approximate surface area is 191 Å². The fraction of sp³-hybridized carbons (Fsp3) is 0.480. The minimum absolute atomic E-state index is 0.114. The van der Waals surface area contributed by atoms with Crippen LogP contribution in [0.15, 0.2) is 41.4 Å². The lowest BCUT2D eigenvalue weighted by Crippen LogP contribution is -2.38. The van der Waals surface area contributed by atoms with Crippen molar-refractivity contribution in [2.45, 2.75) is 39.3 Å². The van der Waals surface area contributed by atoms with Crippen LogP contribution in [0, 0.1) is 0 Å². The topological polar surface area (TPSA) is 67.4 Å². The van der Waals surface area contributed by atoms with E-state index in [1.165, 1.54) is 24.1 Å². The van der Waals surface area contributed by atoms with Crippen LogP contribution in [0.4, 0.5) is 5.69 Å². The van der Waals surface area contributed by atoms with E-state index in [1.54, 1.807) is 21.3 Å². The molecular formula is C25H36N4O3. The van der Waals surface area contributed by atoms with E-state index in [0.29, 0.717) is 23.8 Å². The van der Waals surface area contributed by atoms with Crippen LogP contribution in [-0.2, 0) is 6.54 Å². The van der Waals surface area contributed by atoms with Crippen LogP contribution in [0.3, 0.4) is 0 Å². The number of nitrogens with one attached hydrogen (secondary N) is 2. The van der Waals surface area contributed by atoms with Crippen LogP contribution in [0.2, 0.25) is 0 Å². The lowest BCUT2D eigenvalue weighted by atomic mass is 10.1. The summed E-state index contributed by atoms with van der Waals surface area (Å²) in [5, 5.41) is 6.88. The van der Waals surface area contributed by atoms with Crippen molar-refractivity contribution in [1.29, 1.82) is 0 Å². The Bertz CT molecular complexity index is 910. The molecule has 1 saturated heterocycles. The summed E-state index contributed by atoms with van der Waals surface area (Å²) in [5.41, 5.74) is 3.46. The van der Waals surface area contributed by atoms with Crippen molar-refractivity contribution < 1.29 is 14.2 Å². The molecule has 32 heavy (non-hydrogen) atoms. The van der Waals surface area contributed by atoms with E-state index in [4.69, 9.17) is 19.2 Å². The Kier molecular flexibility index (Phi) is 8.48. The van der Waals surface area contributed by atoms with Gasteiger partial charge >= 0.3 is 0 Å². The summed E-state index contributed by atoms with van der Waals surface area (Å²) >= 11 is 0. The largest absolute Gasteiger partial charge is 0.493 e. The van der Waals surface area contributed by atoms with Gasteiger partial charge in [-0.2, -0.15) is 0 Å². The van der Waals surface area contributed by atoms with Gasteiger partial charge < -0.3 is 29.7 Å². The number of methoxy groups -OCH3 is 3. The molecule has 2 aromatic rings. The van der Waals surface area contributed by atoms with E-state index in [9.17, 15) is 0 Å². The van der Waals surface area contributed by atoms with Gasteiger partial charge in [0.15, 0.2) is 17.5 Å². The molecule has 2 aromatic carbocycles. The van der Waals surface area contributed by atoms with E-state index in [2.05, 4.69) is 53.6 Å². The van der Waals surface area contributed by atoms with Gasteiger partial charge in [0.25, 0.3) is 0 Å². The molecule has 7 heteroatoms. The predicted molar refractivity (Wildman–Crippen MR) is 130 cm³/mol. The third kappa shape index (κ3) is 5.58. The zero-order chi connectivity index (χ0) is 22.9. The average Bonchev–Trinajstić information content (AvgIpc) is 3.37. The summed E-state index contributed by atoms with van der Waals surface area (Å²) in [6, 6.07) is 12.7. The Morgan fingerprint density at radius 3 is 2.44 bits per heavy atom. The van der Waals surface area contributed by atoms with E-state index >= 15 is 0 Å². The molecule has 2 N–H and O–H groups in total. The third-order valence-corrected chi connectivity index (χ3v) is 5.73. The normalized spacial score (nSPS) is 14.8. The molecule has 1 unspecified atom stereocenters. The second-order valence-electron chi connectivity index (χ2n) is 7.84. The summed E-state index contributed by atoms with van der Waals surface area (Å²) in [5.74, 6) is 2.60. The highest BCUT2D eigenvalue weighted by Gasteiger charge is 2.17. The first kappa shape index (κ1) is 23.6. The molecule has 7 nitrogen and oxygen atoms in total. The fourth-order valence-electron chi connectivity index (χ4n) is 4.03. The van der Waals surface area contributed by atoms with Crippen LogP contribution >= 0.6 is 0 Å². The van der Waals surface area contributed by atoms with Crippen molar-refractivity contribution in [2.75, 3.05) is 45.9 Å². The molecule has 1 atom stereocenters. The number of benzene rings is 2. The quantitative estimate of drug-likeness (QED) is 0.451. The molecule has 0 spiro atoms. The monoisotopic (exact) mass is 440 g/mol. The van der Waals surface area contributed by atoms with Crippen molar-refractivity contribution >= 4 is 11.6 Å². The minimum atomic E-state index is 0.114. The predicted octanol–water partition coefficient (Wildman–Crippen LogP) is 4.13. The number of hydrogen-bond donors (Lipinski definition) is 2. The van der Waals surface area contributed by atoms with Gasteiger partial charge in [-0.3, -0.25) is 0 Å². The van der Waals surface area contributed by atoms with Crippen LogP contribution < -0.4 is 29.7 Å². The third-order valence-electron chi connectivity index (χ3n) is 5.73. The van der Waals surface area contributed by atoms with Gasteiger partial charge in [0, 0.05) is 30.9 Å². The summed E-state index contributed by atoms with van der Waals surface area (Å²) < 4.78 is 16.5. The van der Waals surface area contributed by atoms with Gasteiger partial charge in [-0.25, -0.2) is 4.99 Å². The molecule has 0 radical (unpaired) electrons. The molecule has 1 heterocycles. The van der Waals surface area contributed by atoms with Gasteiger partial charge in [0.2, 0.25) is 5.75 Å². The number of hydrogen-bond acceptors (Lipinski definition) is 5. The minimum Gasteiger partial charge on any atom is -0.493 e. The molecular weight excluding hydrogens is 404 g/mol. The summed E-state index contributed by atoms with van der Waals surface area (Å²) in [6.45, 7) is 7.72. The highest BCUT2D eigenvalue weighted by atomic mass is 16.5. The van der Waals surface area contributed by atoms with Gasteiger partial charge in [0.1, 0.15) is 0 Å². The van der Waals surface area contributed by atoms with Gasteiger partial charge in [0.05, 0.1) is 33.9 Å². The number of nitrogens with zero attached hydrogens (tertiary/aromatic N) is 2. The Morgan fingerprint density at radius 1 is 1.03 bits per heavy atom. The van der Waals surface area contributed by atoms with Crippen LogP contribution in [-0.4, -0.2) is 46.9 Å². The zero-order valence-electron chi connectivity index (χ0n) is 19.9. The molecule has 0 bridgehead atoms. The molecule has 3 rings (SSSR count). The highest BCUT2D eigenvalue weighted by Crippen LogP contribution is 2.40. The summed E-state index contributed by atoms with van der Waals surface area (Å²) in [4.78, 5) is 7.25. The lowest BCUT2D eigenvalue weighted by Gasteiger charge is -2.22. The van der Waals surface area contributed by atoms with E-state index in [0.717, 1.165) is 31.2 Å². The maximum atomic E-state index is 5.59. The molecule has 0 amide bonds. The standard InChI is InChI=1S/C25H36N4O3/c1-6-26-25(27-17-20-12-13-22(30-3)24(32-5)23(20)31-4)28-18(2)19-10-9-11-21(16-19)29-14-7-8-15-29/h9-13,16,18H,6-8,14-15,17H2,1-5H3,(H2,26,27,28). The van der Waals surface area contributed by atoms with E-state index in [-0.39, 0.29) is 6.04 Å². The molecule has 1 aliphatic heterocycles. The first-order valence-corrected chi connectivity index (χ1v) is 11.3. The molecule has 174 valence electrons. The molecule has 1 aliphatic rings. The van der Waals surface area contributed by atoms with Gasteiger partial charge in [-0.15, -0.1) is 0 Å². The molecule has 0 saturated carbocycles. The van der Waals surface area contributed by atoms with E-state index < -0.39 is 0 Å². The van der Waals surface area contributed by atoms with Crippen molar-refractivity contribution in [1.82, 2.24) is 10.6 Å². The first-order valence-electron chi connectivity index (χ1n) is 11.3. The van der Waals surface area contributed by atoms with Crippen LogP contribution in [0.25, 0.3) is 0 Å².